The van der Waals surface area contributed by atoms with Gasteiger partial charge < -0.3 is 15.6 Å². The van der Waals surface area contributed by atoms with Gasteiger partial charge in [0.2, 0.25) is 0 Å². The molecule has 80 valence electrons. The Labute approximate surface area is 87.5 Å². The van der Waals surface area contributed by atoms with Gasteiger partial charge in [-0.25, -0.2) is 15.0 Å². The highest BCUT2D eigenvalue weighted by Gasteiger charge is 2.14. The molecule has 1 atom stereocenters. The van der Waals surface area contributed by atoms with Crippen molar-refractivity contribution < 1.29 is 0 Å². The first-order chi connectivity index (χ1) is 7.24. The number of anilines is 1. The van der Waals surface area contributed by atoms with Crippen molar-refractivity contribution >= 4 is 17.0 Å². The molecule has 2 rings (SSSR count). The molecule has 0 aromatic carbocycles. The highest BCUT2D eigenvalue weighted by Crippen LogP contribution is 2.19. The lowest BCUT2D eigenvalue weighted by Crippen LogP contribution is -2.35. The third kappa shape index (κ3) is 1.63. The minimum Gasteiger partial charge on any atom is -0.354 e. The van der Waals surface area contributed by atoms with Gasteiger partial charge in [-0.15, -0.1) is 0 Å². The molecule has 0 bridgehead atoms. The molecular formula is C9H14N6. The number of imidazole rings is 1. The molecule has 0 saturated carbocycles. The van der Waals surface area contributed by atoms with Gasteiger partial charge in [-0.1, -0.05) is 0 Å². The fraction of sp³-hybridized carbons (Fsp3) is 0.444. The fourth-order valence-corrected chi connectivity index (χ4v) is 1.39. The van der Waals surface area contributed by atoms with Crippen LogP contribution in [0.4, 0.5) is 5.82 Å². The molecule has 0 aliphatic heterocycles. The quantitative estimate of drug-likeness (QED) is 0.746. The molecule has 0 aliphatic carbocycles. The third-order valence-corrected chi connectivity index (χ3v) is 2.54. The molecule has 0 aliphatic rings. The van der Waals surface area contributed by atoms with Crippen molar-refractivity contribution in [2.75, 3.05) is 18.5 Å². The Morgan fingerprint density at radius 2 is 2.27 bits per heavy atom. The number of aromatic nitrogens is 4. The van der Waals surface area contributed by atoms with Gasteiger partial charge in [0.25, 0.3) is 0 Å². The Kier molecular flexibility index (Phi) is 2.51. The number of nitrogens with zero attached hydrogens (tertiary/aromatic N) is 4. The summed E-state index contributed by atoms with van der Waals surface area (Å²) in [6.07, 6.45) is 3.13. The number of hydrogen-bond donors (Lipinski definition) is 2. The molecule has 0 fully saturated rings. The van der Waals surface area contributed by atoms with Crippen LogP contribution in [0.25, 0.3) is 11.2 Å². The highest BCUT2D eigenvalue weighted by molar-refractivity contribution is 5.82. The van der Waals surface area contributed by atoms with Crippen molar-refractivity contribution in [3.63, 3.8) is 0 Å². The summed E-state index contributed by atoms with van der Waals surface area (Å²) < 4.78 is 0. The summed E-state index contributed by atoms with van der Waals surface area (Å²) in [5.41, 5.74) is 7.14. The molecule has 0 spiro atoms. The number of fused-ring (bicyclic) bond motifs is 1. The van der Waals surface area contributed by atoms with E-state index in [1.165, 1.54) is 6.33 Å². The highest BCUT2D eigenvalue weighted by atomic mass is 15.2. The summed E-state index contributed by atoms with van der Waals surface area (Å²) in [6.45, 7) is 2.63. The van der Waals surface area contributed by atoms with Crippen LogP contribution < -0.4 is 10.6 Å². The van der Waals surface area contributed by atoms with E-state index in [1.54, 1.807) is 6.33 Å². The van der Waals surface area contributed by atoms with Gasteiger partial charge >= 0.3 is 0 Å². The van der Waals surface area contributed by atoms with Crippen LogP contribution >= 0.6 is 0 Å². The Balaban J connectivity index is 2.46. The molecular weight excluding hydrogens is 192 g/mol. The SMILES string of the molecule is CC(CN)N(C)c1ncnc2nc[nH]c12. The number of hydrogen-bond acceptors (Lipinski definition) is 5. The van der Waals surface area contributed by atoms with Crippen molar-refractivity contribution in [3.05, 3.63) is 12.7 Å². The van der Waals surface area contributed by atoms with E-state index >= 15 is 0 Å². The summed E-state index contributed by atoms with van der Waals surface area (Å²) in [4.78, 5) is 17.4. The number of nitrogens with one attached hydrogen (secondary N) is 1. The Morgan fingerprint density at radius 3 is 3.00 bits per heavy atom. The minimum absolute atomic E-state index is 0.228. The van der Waals surface area contributed by atoms with Gasteiger partial charge in [0.05, 0.1) is 6.33 Å². The molecule has 6 heteroatoms. The second kappa shape index (κ2) is 3.82. The average Bonchev–Trinajstić information content (AvgIpc) is 2.74. The molecule has 0 amide bonds. The average molecular weight is 206 g/mol. The third-order valence-electron chi connectivity index (χ3n) is 2.54. The van der Waals surface area contributed by atoms with Gasteiger partial charge in [0, 0.05) is 19.6 Å². The standard InChI is InChI=1S/C9H14N6/c1-6(3-10)15(2)9-7-8(12-4-11-7)13-5-14-9/h4-6H,3,10H2,1-2H3,(H,11,12,13,14). The number of likely N-dealkylation sites (N-methyl/N-ethyl adjacent to an activating group) is 1. The molecule has 6 nitrogen and oxygen atoms in total. The molecule has 3 N–H and O–H groups in total. The maximum Gasteiger partial charge on any atom is 0.182 e. The topological polar surface area (TPSA) is 83.7 Å². The zero-order chi connectivity index (χ0) is 10.8. The van der Waals surface area contributed by atoms with Crippen LogP contribution in [0.2, 0.25) is 0 Å². The maximum absolute atomic E-state index is 5.62. The van der Waals surface area contributed by atoms with Crippen LogP contribution in [0.3, 0.4) is 0 Å². The Bertz CT molecular complexity index is 451. The van der Waals surface area contributed by atoms with E-state index in [0.717, 1.165) is 11.3 Å². The molecule has 2 aromatic rings. The molecule has 1 unspecified atom stereocenters. The van der Waals surface area contributed by atoms with Crippen LogP contribution in [0.5, 0.6) is 0 Å². The van der Waals surface area contributed by atoms with Crippen LogP contribution in [0.15, 0.2) is 12.7 Å². The molecule has 0 saturated heterocycles. The zero-order valence-corrected chi connectivity index (χ0v) is 8.81. The van der Waals surface area contributed by atoms with E-state index in [1.807, 2.05) is 18.9 Å². The van der Waals surface area contributed by atoms with E-state index in [4.69, 9.17) is 5.73 Å². The largest absolute Gasteiger partial charge is 0.354 e. The van der Waals surface area contributed by atoms with Crippen LogP contribution in [0, 0.1) is 0 Å². The lowest BCUT2D eigenvalue weighted by atomic mass is 10.3. The van der Waals surface area contributed by atoms with E-state index in [2.05, 4.69) is 19.9 Å². The van der Waals surface area contributed by atoms with E-state index in [-0.39, 0.29) is 6.04 Å². The van der Waals surface area contributed by atoms with Crippen molar-refractivity contribution in [1.82, 2.24) is 19.9 Å². The lowest BCUT2D eigenvalue weighted by Gasteiger charge is -2.24. The van der Waals surface area contributed by atoms with Gasteiger partial charge in [-0.05, 0) is 6.92 Å². The van der Waals surface area contributed by atoms with Crippen LogP contribution in [-0.4, -0.2) is 39.6 Å². The number of rotatable bonds is 3. The maximum atomic E-state index is 5.62. The summed E-state index contributed by atoms with van der Waals surface area (Å²) in [6, 6.07) is 0.228. The predicted molar refractivity (Wildman–Crippen MR) is 58.6 cm³/mol. The molecule has 2 heterocycles. The van der Waals surface area contributed by atoms with E-state index < -0.39 is 0 Å². The number of aromatic amines is 1. The number of nitrogens with two attached hydrogens (primary N) is 1. The zero-order valence-electron chi connectivity index (χ0n) is 8.81. The van der Waals surface area contributed by atoms with E-state index in [9.17, 15) is 0 Å². The van der Waals surface area contributed by atoms with Crippen molar-refractivity contribution in [2.45, 2.75) is 13.0 Å². The smallest absolute Gasteiger partial charge is 0.182 e. The predicted octanol–water partition coefficient (Wildman–Crippen LogP) is 0.136. The van der Waals surface area contributed by atoms with E-state index in [0.29, 0.717) is 12.2 Å². The Morgan fingerprint density at radius 1 is 1.47 bits per heavy atom. The molecule has 15 heavy (non-hydrogen) atoms. The first kappa shape index (κ1) is 9.85. The lowest BCUT2D eigenvalue weighted by molar-refractivity contribution is 0.688. The summed E-state index contributed by atoms with van der Waals surface area (Å²) in [7, 11) is 1.96. The fourth-order valence-electron chi connectivity index (χ4n) is 1.39. The molecule has 0 radical (unpaired) electrons. The first-order valence-electron chi connectivity index (χ1n) is 4.81. The van der Waals surface area contributed by atoms with Gasteiger partial charge in [-0.3, -0.25) is 0 Å². The van der Waals surface area contributed by atoms with Gasteiger partial charge in [0.1, 0.15) is 11.8 Å². The first-order valence-corrected chi connectivity index (χ1v) is 4.81. The normalized spacial score (nSPS) is 13.0. The number of H-pyrrole nitrogens is 1. The second-order valence-electron chi connectivity index (χ2n) is 3.49. The van der Waals surface area contributed by atoms with Crippen molar-refractivity contribution in [2.24, 2.45) is 5.73 Å². The monoisotopic (exact) mass is 206 g/mol. The van der Waals surface area contributed by atoms with Crippen molar-refractivity contribution in [3.8, 4) is 0 Å². The summed E-state index contributed by atoms with van der Waals surface area (Å²) >= 11 is 0. The second-order valence-corrected chi connectivity index (χ2v) is 3.49. The van der Waals surface area contributed by atoms with Crippen LogP contribution in [0.1, 0.15) is 6.92 Å². The summed E-state index contributed by atoms with van der Waals surface area (Å²) in [5, 5.41) is 0. The Hall–Kier alpha value is -1.69. The van der Waals surface area contributed by atoms with Gasteiger partial charge in [-0.2, -0.15) is 0 Å². The van der Waals surface area contributed by atoms with Crippen molar-refractivity contribution in [1.29, 1.82) is 0 Å². The summed E-state index contributed by atoms with van der Waals surface area (Å²) in [5.74, 6) is 0.829. The minimum atomic E-state index is 0.228. The van der Waals surface area contributed by atoms with Crippen LogP contribution in [-0.2, 0) is 0 Å². The molecule has 2 aromatic heterocycles. The van der Waals surface area contributed by atoms with Gasteiger partial charge in [0.15, 0.2) is 11.5 Å².